The zero-order chi connectivity index (χ0) is 13.8. The SMILES string of the molecule is Cc1ccc(CNN(OS(C)(=O)=O)C(N)=O)cc1. The fourth-order valence-corrected chi connectivity index (χ4v) is 1.54. The molecule has 0 heterocycles. The second kappa shape index (κ2) is 5.80. The molecule has 0 radical (unpaired) electrons. The van der Waals surface area contributed by atoms with Gasteiger partial charge in [0.25, 0.3) is 10.1 Å². The van der Waals surface area contributed by atoms with Crippen molar-refractivity contribution in [2.45, 2.75) is 13.5 Å². The lowest BCUT2D eigenvalue weighted by molar-refractivity contribution is -0.0490. The minimum atomic E-state index is -3.82. The van der Waals surface area contributed by atoms with Crippen LogP contribution >= 0.6 is 0 Å². The number of aryl methyl sites for hydroxylation is 1. The third-order valence-electron chi connectivity index (χ3n) is 1.96. The maximum absolute atomic E-state index is 10.9. The van der Waals surface area contributed by atoms with Crippen molar-refractivity contribution in [3.8, 4) is 0 Å². The summed E-state index contributed by atoms with van der Waals surface area (Å²) in [6.07, 6.45) is 0.816. The summed E-state index contributed by atoms with van der Waals surface area (Å²) in [6.45, 7) is 2.15. The fraction of sp³-hybridized carbons (Fsp3) is 0.300. The maximum Gasteiger partial charge on any atom is 0.355 e. The third kappa shape index (κ3) is 5.13. The quantitative estimate of drug-likeness (QED) is 0.750. The summed E-state index contributed by atoms with van der Waals surface area (Å²) >= 11 is 0. The maximum atomic E-state index is 10.9. The normalized spacial score (nSPS) is 11.2. The lowest BCUT2D eigenvalue weighted by atomic mass is 10.1. The van der Waals surface area contributed by atoms with Crippen LogP contribution in [0.3, 0.4) is 0 Å². The standard InChI is InChI=1S/C10H15N3O4S/c1-8-3-5-9(6-4-8)7-12-13(10(11)14)17-18(2,15)16/h3-6,12H,7H2,1-2H3,(H2,11,14). The van der Waals surface area contributed by atoms with Crippen LogP contribution in [0.2, 0.25) is 0 Å². The number of benzene rings is 1. The Hall–Kier alpha value is -1.64. The molecule has 0 aliphatic heterocycles. The Balaban J connectivity index is 2.63. The highest BCUT2D eigenvalue weighted by Crippen LogP contribution is 2.03. The van der Waals surface area contributed by atoms with Crippen molar-refractivity contribution < 1.29 is 17.5 Å². The number of carbonyl (C=O) groups excluding carboxylic acids is 1. The van der Waals surface area contributed by atoms with Crippen LogP contribution < -0.4 is 11.2 Å². The van der Waals surface area contributed by atoms with Gasteiger partial charge in [0.05, 0.1) is 6.26 Å². The number of carbonyl (C=O) groups is 1. The first kappa shape index (κ1) is 14.4. The molecule has 1 aromatic rings. The number of nitrogens with zero attached hydrogens (tertiary/aromatic N) is 1. The first-order valence-corrected chi connectivity index (χ1v) is 6.88. The Morgan fingerprint density at radius 3 is 2.39 bits per heavy atom. The van der Waals surface area contributed by atoms with Crippen molar-refractivity contribution in [3.05, 3.63) is 35.4 Å². The molecule has 0 saturated heterocycles. The van der Waals surface area contributed by atoms with E-state index < -0.39 is 16.1 Å². The average molecular weight is 273 g/mol. The monoisotopic (exact) mass is 273 g/mol. The Morgan fingerprint density at radius 2 is 1.94 bits per heavy atom. The molecule has 0 aliphatic carbocycles. The highest BCUT2D eigenvalue weighted by molar-refractivity contribution is 7.85. The molecule has 0 aromatic heterocycles. The first-order chi connectivity index (χ1) is 8.28. The molecule has 18 heavy (non-hydrogen) atoms. The molecule has 0 saturated carbocycles. The van der Waals surface area contributed by atoms with Crippen molar-refractivity contribution in [1.82, 2.24) is 10.6 Å². The number of urea groups is 1. The molecule has 0 fully saturated rings. The summed E-state index contributed by atoms with van der Waals surface area (Å²) in [5.41, 5.74) is 9.38. The molecule has 7 nitrogen and oxygen atoms in total. The molecule has 3 N–H and O–H groups in total. The van der Waals surface area contributed by atoms with Crippen LogP contribution in [-0.2, 0) is 20.9 Å². The van der Waals surface area contributed by atoms with E-state index >= 15 is 0 Å². The van der Waals surface area contributed by atoms with E-state index in [1.54, 1.807) is 0 Å². The highest BCUT2D eigenvalue weighted by Gasteiger charge is 2.16. The molecule has 0 spiro atoms. The molecule has 0 aliphatic rings. The lowest BCUT2D eigenvalue weighted by Crippen LogP contribution is -2.46. The second-order valence-corrected chi connectivity index (χ2v) is 5.29. The van der Waals surface area contributed by atoms with Crippen LogP contribution in [0, 0.1) is 6.92 Å². The predicted molar refractivity (Wildman–Crippen MR) is 65.4 cm³/mol. The van der Waals surface area contributed by atoms with Crippen LogP contribution in [0.4, 0.5) is 4.79 Å². The molecule has 100 valence electrons. The molecule has 0 atom stereocenters. The minimum absolute atomic E-state index is 0.207. The van der Waals surface area contributed by atoms with Gasteiger partial charge < -0.3 is 5.73 Å². The molecule has 8 heteroatoms. The number of hydrogen-bond donors (Lipinski definition) is 2. The van der Waals surface area contributed by atoms with Gasteiger partial charge in [0.1, 0.15) is 0 Å². The first-order valence-electron chi connectivity index (χ1n) is 5.06. The Morgan fingerprint density at radius 1 is 1.39 bits per heavy atom. The van der Waals surface area contributed by atoms with Gasteiger partial charge in [-0.05, 0) is 12.5 Å². The van der Waals surface area contributed by atoms with Gasteiger partial charge in [-0.3, -0.25) is 0 Å². The van der Waals surface area contributed by atoms with Gasteiger partial charge in [-0.1, -0.05) is 29.8 Å². The van der Waals surface area contributed by atoms with E-state index in [1.807, 2.05) is 31.2 Å². The van der Waals surface area contributed by atoms with Gasteiger partial charge in [-0.15, -0.1) is 9.46 Å². The van der Waals surface area contributed by atoms with E-state index in [0.29, 0.717) is 5.17 Å². The number of hydrazine groups is 1. The minimum Gasteiger partial charge on any atom is -0.348 e. The zero-order valence-electron chi connectivity index (χ0n) is 10.1. The van der Waals surface area contributed by atoms with Crippen LogP contribution in [0.1, 0.15) is 11.1 Å². The average Bonchev–Trinajstić information content (AvgIpc) is 2.24. The lowest BCUT2D eigenvalue weighted by Gasteiger charge is -2.18. The molecule has 1 aromatic carbocycles. The number of hydrogen-bond acceptors (Lipinski definition) is 5. The van der Waals surface area contributed by atoms with Crippen molar-refractivity contribution in [1.29, 1.82) is 0 Å². The van der Waals surface area contributed by atoms with Crippen LogP contribution in [0.15, 0.2) is 24.3 Å². The summed E-state index contributed by atoms with van der Waals surface area (Å²) in [6, 6.07) is 6.41. The van der Waals surface area contributed by atoms with E-state index in [0.717, 1.165) is 17.4 Å². The van der Waals surface area contributed by atoms with Crippen molar-refractivity contribution >= 4 is 16.1 Å². The number of nitrogens with two attached hydrogens (primary N) is 1. The summed E-state index contributed by atoms with van der Waals surface area (Å²) < 4.78 is 26.1. The number of rotatable bonds is 5. The molecule has 1 rings (SSSR count). The number of hydroxylamine groups is 1. The molecule has 0 bridgehead atoms. The molecule has 0 unspecified atom stereocenters. The molecular weight excluding hydrogens is 258 g/mol. The largest absolute Gasteiger partial charge is 0.355 e. The van der Waals surface area contributed by atoms with E-state index in [4.69, 9.17) is 5.73 Å². The number of nitrogens with one attached hydrogen (secondary N) is 1. The molecule has 2 amide bonds. The smallest absolute Gasteiger partial charge is 0.348 e. The summed E-state index contributed by atoms with van der Waals surface area (Å²) in [5, 5.41) is 0.384. The summed E-state index contributed by atoms with van der Waals surface area (Å²) in [4.78, 5) is 10.9. The third-order valence-corrected chi connectivity index (χ3v) is 2.38. The van der Waals surface area contributed by atoms with Crippen LogP contribution in [-0.4, -0.2) is 25.9 Å². The van der Waals surface area contributed by atoms with Gasteiger partial charge in [-0.2, -0.15) is 13.8 Å². The van der Waals surface area contributed by atoms with Crippen LogP contribution in [0.25, 0.3) is 0 Å². The van der Waals surface area contributed by atoms with Crippen molar-refractivity contribution in [2.24, 2.45) is 5.73 Å². The number of amides is 2. The van der Waals surface area contributed by atoms with E-state index in [9.17, 15) is 13.2 Å². The van der Waals surface area contributed by atoms with Gasteiger partial charge >= 0.3 is 6.03 Å². The Labute approximate surface area is 106 Å². The molecular formula is C10H15N3O4S. The Bertz CT molecular complexity index is 512. The summed E-state index contributed by atoms with van der Waals surface area (Å²) in [5.74, 6) is 0. The number of primary amides is 1. The van der Waals surface area contributed by atoms with Gasteiger partial charge in [-0.25, -0.2) is 4.79 Å². The van der Waals surface area contributed by atoms with Crippen LogP contribution in [0.5, 0.6) is 0 Å². The zero-order valence-corrected chi connectivity index (χ0v) is 10.9. The summed E-state index contributed by atoms with van der Waals surface area (Å²) in [7, 11) is -3.82. The van der Waals surface area contributed by atoms with Crippen molar-refractivity contribution in [3.63, 3.8) is 0 Å². The second-order valence-electron chi connectivity index (χ2n) is 3.73. The fourth-order valence-electron chi connectivity index (χ4n) is 1.15. The topological polar surface area (TPSA) is 102 Å². The van der Waals surface area contributed by atoms with Crippen molar-refractivity contribution in [2.75, 3.05) is 6.26 Å². The van der Waals surface area contributed by atoms with Gasteiger partial charge in [0, 0.05) is 6.54 Å². The van der Waals surface area contributed by atoms with E-state index in [2.05, 4.69) is 9.71 Å². The predicted octanol–water partition coefficient (Wildman–Crippen LogP) is 0.272. The Kier molecular flexibility index (Phi) is 4.65. The highest BCUT2D eigenvalue weighted by atomic mass is 32.2. The van der Waals surface area contributed by atoms with E-state index in [-0.39, 0.29) is 6.54 Å². The van der Waals surface area contributed by atoms with Gasteiger partial charge in [0.15, 0.2) is 0 Å². The van der Waals surface area contributed by atoms with E-state index in [1.165, 1.54) is 0 Å². The van der Waals surface area contributed by atoms with Gasteiger partial charge in [0.2, 0.25) is 0 Å².